The zero-order valence-corrected chi connectivity index (χ0v) is 13.0. The van der Waals surface area contributed by atoms with E-state index in [1.54, 1.807) is 20.8 Å². The first-order valence-corrected chi connectivity index (χ1v) is 6.99. The second-order valence-electron chi connectivity index (χ2n) is 5.63. The first-order valence-electron chi connectivity index (χ1n) is 6.99. The minimum atomic E-state index is -0.618. The Hall–Kier alpha value is -2.18. The summed E-state index contributed by atoms with van der Waals surface area (Å²) in [4.78, 5) is 26.3. The van der Waals surface area contributed by atoms with Gasteiger partial charge in [-0.2, -0.15) is 4.39 Å². The highest BCUT2D eigenvalue weighted by Crippen LogP contribution is 2.10. The van der Waals surface area contributed by atoms with Gasteiger partial charge in [-0.1, -0.05) is 0 Å². The van der Waals surface area contributed by atoms with E-state index in [0.717, 1.165) is 0 Å². The van der Waals surface area contributed by atoms with E-state index in [9.17, 15) is 14.0 Å². The summed E-state index contributed by atoms with van der Waals surface area (Å²) in [6.45, 7) is 5.37. The Balaban J connectivity index is 2.15. The lowest BCUT2D eigenvalue weighted by molar-refractivity contribution is -0.154. The number of hydrogen-bond acceptors (Lipinski definition) is 5. The van der Waals surface area contributed by atoms with Crippen LogP contribution in [-0.2, 0) is 14.3 Å². The highest BCUT2D eigenvalue weighted by atomic mass is 19.1. The number of carbonyl (C=O) groups excluding carboxylic acids is 2. The topological polar surface area (TPSA) is 77.5 Å². The van der Waals surface area contributed by atoms with Crippen molar-refractivity contribution in [2.24, 2.45) is 0 Å². The number of ether oxygens (including phenoxy) is 2. The molecule has 6 nitrogen and oxygen atoms in total. The van der Waals surface area contributed by atoms with Crippen LogP contribution in [-0.4, -0.2) is 35.6 Å². The predicted molar refractivity (Wildman–Crippen MR) is 77.8 cm³/mol. The van der Waals surface area contributed by atoms with Crippen LogP contribution in [0.25, 0.3) is 0 Å². The van der Waals surface area contributed by atoms with Crippen LogP contribution < -0.4 is 10.1 Å². The van der Waals surface area contributed by atoms with Crippen LogP contribution in [0.15, 0.2) is 18.3 Å². The lowest BCUT2D eigenvalue weighted by atomic mass is 10.2. The van der Waals surface area contributed by atoms with Crippen molar-refractivity contribution in [3.05, 3.63) is 24.3 Å². The number of amides is 1. The summed E-state index contributed by atoms with van der Waals surface area (Å²) in [5, 5.41) is 2.47. The number of rotatable bonds is 7. The highest BCUT2D eigenvalue weighted by molar-refractivity contribution is 5.81. The lowest BCUT2D eigenvalue weighted by Gasteiger charge is -2.19. The summed E-state index contributed by atoms with van der Waals surface area (Å²) in [6, 6.07) is 2.70. The maximum Gasteiger partial charge on any atom is 0.325 e. The second-order valence-corrected chi connectivity index (χ2v) is 5.63. The quantitative estimate of drug-likeness (QED) is 0.472. The molecule has 1 rings (SSSR count). The Bertz CT molecular complexity index is 515. The van der Waals surface area contributed by atoms with Gasteiger partial charge in [0, 0.05) is 18.7 Å². The van der Waals surface area contributed by atoms with E-state index in [4.69, 9.17) is 9.47 Å². The molecule has 1 N–H and O–H groups in total. The SMILES string of the molecule is CC(C)(C)OC(=O)CNC(=O)CCCOc1ccnc(F)c1. The number of carbonyl (C=O) groups is 2. The molecule has 0 saturated heterocycles. The van der Waals surface area contributed by atoms with Gasteiger partial charge in [0.15, 0.2) is 0 Å². The average molecular weight is 312 g/mol. The summed E-state index contributed by atoms with van der Waals surface area (Å²) in [7, 11) is 0. The average Bonchev–Trinajstić information content (AvgIpc) is 2.39. The Labute approximate surface area is 129 Å². The van der Waals surface area contributed by atoms with Crippen molar-refractivity contribution in [1.82, 2.24) is 10.3 Å². The maximum absolute atomic E-state index is 12.8. The molecule has 1 aromatic rings. The zero-order valence-electron chi connectivity index (χ0n) is 13.0. The molecule has 0 aliphatic heterocycles. The maximum atomic E-state index is 12.8. The molecular formula is C15H21FN2O4. The van der Waals surface area contributed by atoms with Crippen molar-refractivity contribution in [3.8, 4) is 5.75 Å². The fraction of sp³-hybridized carbons (Fsp3) is 0.533. The molecule has 0 aromatic carbocycles. The van der Waals surface area contributed by atoms with Crippen molar-refractivity contribution in [1.29, 1.82) is 0 Å². The van der Waals surface area contributed by atoms with Gasteiger partial charge in [-0.25, -0.2) is 4.98 Å². The number of aromatic nitrogens is 1. The Morgan fingerprint density at radius 3 is 2.73 bits per heavy atom. The third-order valence-electron chi connectivity index (χ3n) is 2.36. The molecule has 1 amide bonds. The van der Waals surface area contributed by atoms with Gasteiger partial charge in [-0.15, -0.1) is 0 Å². The fourth-order valence-corrected chi connectivity index (χ4v) is 1.53. The van der Waals surface area contributed by atoms with Gasteiger partial charge >= 0.3 is 5.97 Å². The van der Waals surface area contributed by atoms with Gasteiger partial charge in [-0.3, -0.25) is 9.59 Å². The molecule has 0 bridgehead atoms. The van der Waals surface area contributed by atoms with Crippen molar-refractivity contribution in [2.45, 2.75) is 39.2 Å². The van der Waals surface area contributed by atoms with Crippen molar-refractivity contribution < 1.29 is 23.5 Å². The van der Waals surface area contributed by atoms with Crippen LogP contribution in [0, 0.1) is 5.95 Å². The van der Waals surface area contributed by atoms with Gasteiger partial charge in [0.2, 0.25) is 11.9 Å². The van der Waals surface area contributed by atoms with E-state index in [1.165, 1.54) is 18.3 Å². The Morgan fingerprint density at radius 1 is 1.36 bits per heavy atom. The molecule has 0 fully saturated rings. The van der Waals surface area contributed by atoms with Crippen LogP contribution in [0.5, 0.6) is 5.75 Å². The minimum absolute atomic E-state index is 0.160. The van der Waals surface area contributed by atoms with E-state index in [-0.39, 0.29) is 25.5 Å². The number of esters is 1. The van der Waals surface area contributed by atoms with Crippen LogP contribution in [0.2, 0.25) is 0 Å². The van der Waals surface area contributed by atoms with E-state index >= 15 is 0 Å². The number of hydrogen-bond donors (Lipinski definition) is 1. The zero-order chi connectivity index (χ0) is 16.6. The Kier molecular flexibility index (Phi) is 6.75. The van der Waals surface area contributed by atoms with Crippen LogP contribution in [0.4, 0.5) is 4.39 Å². The van der Waals surface area contributed by atoms with Gasteiger partial charge in [0.25, 0.3) is 0 Å². The Morgan fingerprint density at radius 2 is 2.09 bits per heavy atom. The van der Waals surface area contributed by atoms with Crippen molar-refractivity contribution >= 4 is 11.9 Å². The van der Waals surface area contributed by atoms with Crippen molar-refractivity contribution in [3.63, 3.8) is 0 Å². The molecule has 0 spiro atoms. The summed E-state index contributed by atoms with van der Waals surface area (Å²) in [5.74, 6) is -1.01. The molecular weight excluding hydrogens is 291 g/mol. The van der Waals surface area contributed by atoms with Gasteiger partial charge in [0.05, 0.1) is 6.61 Å². The van der Waals surface area contributed by atoms with Crippen LogP contribution in [0.3, 0.4) is 0 Å². The molecule has 7 heteroatoms. The van der Waals surface area contributed by atoms with E-state index in [1.807, 2.05) is 0 Å². The van der Waals surface area contributed by atoms with Crippen LogP contribution >= 0.6 is 0 Å². The first kappa shape index (κ1) is 17.9. The molecule has 0 atom stereocenters. The number of pyridine rings is 1. The number of nitrogens with zero attached hydrogens (tertiary/aromatic N) is 1. The minimum Gasteiger partial charge on any atom is -0.493 e. The lowest BCUT2D eigenvalue weighted by Crippen LogP contribution is -2.34. The normalized spacial score (nSPS) is 10.9. The molecule has 122 valence electrons. The second kappa shape index (κ2) is 8.31. The molecule has 1 aromatic heterocycles. The molecule has 22 heavy (non-hydrogen) atoms. The summed E-state index contributed by atoms with van der Waals surface area (Å²) < 4.78 is 23.1. The smallest absolute Gasteiger partial charge is 0.325 e. The summed E-state index contributed by atoms with van der Waals surface area (Å²) in [5.41, 5.74) is -0.574. The molecule has 0 unspecified atom stereocenters. The van der Waals surface area contributed by atoms with Gasteiger partial charge < -0.3 is 14.8 Å². The molecule has 0 radical (unpaired) electrons. The summed E-state index contributed by atoms with van der Waals surface area (Å²) >= 11 is 0. The highest BCUT2D eigenvalue weighted by Gasteiger charge is 2.16. The molecule has 0 saturated carbocycles. The standard InChI is InChI=1S/C15H21FN2O4/c1-15(2,3)22-14(20)10-18-13(19)5-4-8-21-11-6-7-17-12(16)9-11/h6-7,9H,4-5,8,10H2,1-3H3,(H,18,19). The van der Waals surface area contributed by atoms with Gasteiger partial charge in [0.1, 0.15) is 17.9 Å². The monoisotopic (exact) mass is 312 g/mol. The third-order valence-corrected chi connectivity index (χ3v) is 2.36. The molecule has 0 aliphatic rings. The number of halogens is 1. The largest absolute Gasteiger partial charge is 0.493 e. The first-order chi connectivity index (χ1) is 10.3. The van der Waals surface area contributed by atoms with E-state index < -0.39 is 17.5 Å². The predicted octanol–water partition coefficient (Wildman–Crippen LogP) is 1.84. The fourth-order valence-electron chi connectivity index (χ4n) is 1.53. The summed E-state index contributed by atoms with van der Waals surface area (Å²) in [6.07, 6.45) is 1.96. The van der Waals surface area contributed by atoms with E-state index in [0.29, 0.717) is 12.2 Å². The molecule has 0 aliphatic carbocycles. The van der Waals surface area contributed by atoms with E-state index in [2.05, 4.69) is 10.3 Å². The van der Waals surface area contributed by atoms with Crippen LogP contribution in [0.1, 0.15) is 33.6 Å². The van der Waals surface area contributed by atoms with Crippen molar-refractivity contribution in [2.75, 3.05) is 13.2 Å². The molecule has 1 heterocycles. The number of nitrogens with one attached hydrogen (secondary N) is 1. The third kappa shape index (κ3) is 8.18. The van der Waals surface area contributed by atoms with Gasteiger partial charge in [-0.05, 0) is 33.3 Å².